The Balaban J connectivity index is 1.27. The molecule has 5 rings (SSSR count). The first kappa shape index (κ1) is 21.4. The molecule has 4 aromatic rings. The fourth-order valence-corrected chi connectivity index (χ4v) is 4.86. The number of nitrogens with zero attached hydrogens (tertiary/aromatic N) is 3. The van der Waals surface area contributed by atoms with Crippen LogP contribution in [-0.2, 0) is 9.53 Å². The maximum atomic E-state index is 12.8. The minimum atomic E-state index is -0.554. The smallest absolute Gasteiger partial charge is 0.410 e. The zero-order valence-corrected chi connectivity index (χ0v) is 19.5. The van der Waals surface area contributed by atoms with Gasteiger partial charge in [-0.2, -0.15) is 5.10 Å². The van der Waals surface area contributed by atoms with Gasteiger partial charge < -0.3 is 15.0 Å². The van der Waals surface area contributed by atoms with Crippen molar-refractivity contribution in [2.45, 2.75) is 32.8 Å². The second-order valence-corrected chi connectivity index (χ2v) is 10.3. The Morgan fingerprint density at radius 1 is 1.18 bits per heavy atom. The summed E-state index contributed by atoms with van der Waals surface area (Å²) in [6, 6.07) is 12.3. The lowest BCUT2D eigenvalue weighted by Gasteiger charge is -2.24. The first-order valence-electron chi connectivity index (χ1n) is 10.9. The third kappa shape index (κ3) is 4.54. The van der Waals surface area contributed by atoms with Gasteiger partial charge in [-0.1, -0.05) is 23.5 Å². The number of nitrogens with one attached hydrogen (secondary N) is 2. The fourth-order valence-electron chi connectivity index (χ4n) is 3.95. The number of aromatic amines is 1. The van der Waals surface area contributed by atoms with Crippen molar-refractivity contribution in [1.29, 1.82) is 0 Å². The van der Waals surface area contributed by atoms with Crippen LogP contribution >= 0.6 is 11.3 Å². The van der Waals surface area contributed by atoms with Gasteiger partial charge in [-0.25, -0.2) is 9.78 Å². The van der Waals surface area contributed by atoms with E-state index in [0.29, 0.717) is 24.6 Å². The molecular weight excluding hydrogens is 438 g/mol. The van der Waals surface area contributed by atoms with Crippen molar-refractivity contribution in [2.75, 3.05) is 18.4 Å². The molecule has 2 amide bonds. The standard InChI is InChI=1S/C24H25N5O3S/c1-24(2,3)32-23(31)29-9-8-16(13-29)21(30)27-22-26-19-7-5-15(11-20(19)33-22)14-4-6-18-17(10-14)12-25-28-18/h4-7,10-12,16H,8-9,13H2,1-3H3,(H,25,28)(H,26,27,30)/t16-/m1/s1. The highest BCUT2D eigenvalue weighted by molar-refractivity contribution is 7.22. The highest BCUT2D eigenvalue weighted by Gasteiger charge is 2.33. The monoisotopic (exact) mass is 463 g/mol. The Labute approximate surface area is 194 Å². The van der Waals surface area contributed by atoms with Crippen molar-refractivity contribution in [1.82, 2.24) is 20.1 Å². The number of carbonyl (C=O) groups excluding carboxylic acids is 2. The molecule has 9 heteroatoms. The SMILES string of the molecule is CC(C)(C)OC(=O)N1CC[C@@H](C(=O)Nc2nc3ccc(-c4ccc5[nH]ncc5c4)cc3s2)C1. The molecule has 0 bridgehead atoms. The molecule has 0 unspecified atom stereocenters. The summed E-state index contributed by atoms with van der Waals surface area (Å²) in [6.45, 7) is 6.36. The average molecular weight is 464 g/mol. The van der Waals surface area contributed by atoms with Crippen molar-refractivity contribution in [3.63, 3.8) is 0 Å². The number of carbonyl (C=O) groups is 2. The highest BCUT2D eigenvalue weighted by Crippen LogP contribution is 2.32. The van der Waals surface area contributed by atoms with E-state index in [1.54, 1.807) is 4.90 Å². The van der Waals surface area contributed by atoms with E-state index in [1.807, 2.05) is 45.2 Å². The molecule has 1 atom stereocenters. The Bertz CT molecular complexity index is 1350. The summed E-state index contributed by atoms with van der Waals surface area (Å²) in [5, 5.41) is 11.6. The third-order valence-electron chi connectivity index (χ3n) is 5.60. The number of rotatable bonds is 3. The molecule has 8 nitrogen and oxygen atoms in total. The Hall–Kier alpha value is -3.46. The molecule has 0 aliphatic carbocycles. The van der Waals surface area contributed by atoms with Crippen LogP contribution in [-0.4, -0.2) is 50.8 Å². The first-order valence-corrected chi connectivity index (χ1v) is 11.7. The molecule has 1 aliphatic rings. The van der Waals surface area contributed by atoms with E-state index in [1.165, 1.54) is 11.3 Å². The Kier molecular flexibility index (Phi) is 5.28. The van der Waals surface area contributed by atoms with Gasteiger partial charge in [0.1, 0.15) is 5.60 Å². The van der Waals surface area contributed by atoms with Crippen LogP contribution in [0.15, 0.2) is 42.6 Å². The molecule has 2 aromatic heterocycles. The summed E-state index contributed by atoms with van der Waals surface area (Å²) in [4.78, 5) is 31.2. The van der Waals surface area contributed by atoms with E-state index in [4.69, 9.17) is 4.74 Å². The Morgan fingerprint density at radius 3 is 2.79 bits per heavy atom. The zero-order chi connectivity index (χ0) is 23.2. The zero-order valence-electron chi connectivity index (χ0n) is 18.7. The van der Waals surface area contributed by atoms with Crippen molar-refractivity contribution in [2.24, 2.45) is 5.92 Å². The van der Waals surface area contributed by atoms with Gasteiger partial charge in [-0.05, 0) is 62.6 Å². The first-order chi connectivity index (χ1) is 15.7. The molecule has 170 valence electrons. The van der Waals surface area contributed by atoms with Crippen LogP contribution in [0.4, 0.5) is 9.93 Å². The third-order valence-corrected chi connectivity index (χ3v) is 6.54. The predicted octanol–water partition coefficient (Wildman–Crippen LogP) is 5.04. The minimum absolute atomic E-state index is 0.120. The van der Waals surface area contributed by atoms with Crippen molar-refractivity contribution in [3.05, 3.63) is 42.6 Å². The maximum absolute atomic E-state index is 12.8. The molecular formula is C24H25N5O3S. The fraction of sp³-hybridized carbons (Fsp3) is 0.333. The lowest BCUT2D eigenvalue weighted by atomic mass is 10.0. The second kappa shape index (κ2) is 8.15. The average Bonchev–Trinajstić information content (AvgIpc) is 3.49. The van der Waals surface area contributed by atoms with Gasteiger partial charge in [0.15, 0.2) is 5.13 Å². The topological polar surface area (TPSA) is 100 Å². The molecule has 1 fully saturated rings. The summed E-state index contributed by atoms with van der Waals surface area (Å²) in [7, 11) is 0. The van der Waals surface area contributed by atoms with Crippen LogP contribution in [0, 0.1) is 5.92 Å². The van der Waals surface area contributed by atoms with Gasteiger partial charge in [0, 0.05) is 18.5 Å². The normalized spacial score (nSPS) is 16.5. The molecule has 2 aromatic carbocycles. The predicted molar refractivity (Wildman–Crippen MR) is 129 cm³/mol. The van der Waals surface area contributed by atoms with Crippen LogP contribution < -0.4 is 5.32 Å². The summed E-state index contributed by atoms with van der Waals surface area (Å²) in [5.41, 5.74) is 3.46. The van der Waals surface area contributed by atoms with E-state index in [2.05, 4.69) is 38.7 Å². The number of fused-ring (bicyclic) bond motifs is 2. The van der Waals surface area contributed by atoms with Crippen molar-refractivity contribution in [3.8, 4) is 11.1 Å². The molecule has 0 spiro atoms. The summed E-state index contributed by atoms with van der Waals surface area (Å²) in [6.07, 6.45) is 2.04. The molecule has 1 aliphatic heterocycles. The van der Waals surface area contributed by atoms with E-state index >= 15 is 0 Å². The Morgan fingerprint density at radius 2 is 1.97 bits per heavy atom. The number of amides is 2. The second-order valence-electron chi connectivity index (χ2n) is 9.27. The van der Waals surface area contributed by atoms with Crippen LogP contribution in [0.2, 0.25) is 0 Å². The number of anilines is 1. The molecule has 0 saturated carbocycles. The molecule has 3 heterocycles. The molecule has 1 saturated heterocycles. The number of benzene rings is 2. The van der Waals surface area contributed by atoms with Crippen LogP contribution in [0.3, 0.4) is 0 Å². The quantitative estimate of drug-likeness (QED) is 0.444. The molecule has 33 heavy (non-hydrogen) atoms. The number of H-pyrrole nitrogens is 1. The van der Waals surface area contributed by atoms with E-state index < -0.39 is 5.60 Å². The lowest BCUT2D eigenvalue weighted by Crippen LogP contribution is -2.36. The summed E-state index contributed by atoms with van der Waals surface area (Å²) >= 11 is 1.45. The number of thiazole rings is 1. The van der Waals surface area contributed by atoms with Gasteiger partial charge in [0.05, 0.1) is 27.8 Å². The van der Waals surface area contributed by atoms with Gasteiger partial charge in [-0.15, -0.1) is 0 Å². The van der Waals surface area contributed by atoms with E-state index in [-0.39, 0.29) is 17.9 Å². The number of ether oxygens (including phenoxy) is 1. The van der Waals surface area contributed by atoms with E-state index in [9.17, 15) is 9.59 Å². The van der Waals surface area contributed by atoms with Gasteiger partial charge in [-0.3, -0.25) is 9.89 Å². The number of hydrogen-bond acceptors (Lipinski definition) is 6. The number of aromatic nitrogens is 3. The largest absolute Gasteiger partial charge is 0.444 e. The summed E-state index contributed by atoms with van der Waals surface area (Å²) < 4.78 is 6.41. The maximum Gasteiger partial charge on any atom is 0.410 e. The van der Waals surface area contributed by atoms with Crippen LogP contribution in [0.5, 0.6) is 0 Å². The van der Waals surface area contributed by atoms with Gasteiger partial charge >= 0.3 is 6.09 Å². The molecule has 2 N–H and O–H groups in total. The van der Waals surface area contributed by atoms with Crippen LogP contribution in [0.25, 0.3) is 32.2 Å². The van der Waals surface area contributed by atoms with Gasteiger partial charge in [0.2, 0.25) is 5.91 Å². The van der Waals surface area contributed by atoms with Gasteiger partial charge in [0.25, 0.3) is 0 Å². The minimum Gasteiger partial charge on any atom is -0.444 e. The number of hydrogen-bond donors (Lipinski definition) is 2. The van der Waals surface area contributed by atoms with Crippen molar-refractivity contribution >= 4 is 49.6 Å². The molecule has 0 radical (unpaired) electrons. The van der Waals surface area contributed by atoms with E-state index in [0.717, 1.165) is 32.2 Å². The lowest BCUT2D eigenvalue weighted by molar-refractivity contribution is -0.119. The number of likely N-dealkylation sites (tertiary alicyclic amines) is 1. The summed E-state index contributed by atoms with van der Waals surface area (Å²) in [5.74, 6) is -0.396. The van der Waals surface area contributed by atoms with Crippen LogP contribution in [0.1, 0.15) is 27.2 Å². The highest BCUT2D eigenvalue weighted by atomic mass is 32.1. The van der Waals surface area contributed by atoms with Crippen molar-refractivity contribution < 1.29 is 14.3 Å².